The van der Waals surface area contributed by atoms with Crippen molar-refractivity contribution >= 4 is 22.9 Å². The average molecular weight is 530 g/mol. The highest BCUT2D eigenvalue weighted by atomic mass is 16.5. The Balaban J connectivity index is 1.37. The molecule has 4 aromatic rings. The second-order valence-electron chi connectivity index (χ2n) is 9.03. The van der Waals surface area contributed by atoms with E-state index in [1.165, 1.54) is 24.3 Å². The number of carbonyl (C=O) groups excluding carboxylic acids is 1. The first-order chi connectivity index (χ1) is 19.0. The monoisotopic (exact) mass is 529 g/mol. The van der Waals surface area contributed by atoms with Crippen LogP contribution in [0.4, 0.5) is 5.82 Å². The van der Waals surface area contributed by atoms with E-state index in [1.54, 1.807) is 0 Å². The number of aromatic nitrogens is 4. The third-order valence-electron chi connectivity index (χ3n) is 6.46. The van der Waals surface area contributed by atoms with Gasteiger partial charge in [0.2, 0.25) is 5.91 Å². The van der Waals surface area contributed by atoms with E-state index in [1.807, 2.05) is 55.5 Å². The molecule has 5 rings (SSSR count). The molecule has 1 fully saturated rings. The highest BCUT2D eigenvalue weighted by molar-refractivity contribution is 5.83. The summed E-state index contributed by atoms with van der Waals surface area (Å²) in [7, 11) is 1.43. The van der Waals surface area contributed by atoms with Crippen LogP contribution in [0.25, 0.3) is 21.6 Å². The van der Waals surface area contributed by atoms with Crippen LogP contribution in [0.1, 0.15) is 22.9 Å². The summed E-state index contributed by atoms with van der Waals surface area (Å²) in [5.41, 5.74) is 12.8. The predicted octanol–water partition coefficient (Wildman–Crippen LogP) is 3.01. The number of nitrogens with one attached hydrogen (secondary N) is 2. The smallest absolute Gasteiger partial charge is 0.249 e. The normalized spacial score (nSPS) is 20.4. The Morgan fingerprint density at radius 3 is 2.82 bits per heavy atom. The molecule has 3 heterocycles. The molecule has 0 saturated carbocycles. The summed E-state index contributed by atoms with van der Waals surface area (Å²) in [6.45, 7) is 2.86. The van der Waals surface area contributed by atoms with Gasteiger partial charge < -0.3 is 25.2 Å². The number of hydrogen-bond donors (Lipinski definition) is 3. The van der Waals surface area contributed by atoms with Gasteiger partial charge in [-0.05, 0) is 24.1 Å². The summed E-state index contributed by atoms with van der Waals surface area (Å²) in [6.07, 6.45) is -0.708. The molecule has 0 radical (unpaired) electrons. The molecule has 13 heteroatoms. The Morgan fingerprint density at radius 2 is 2.05 bits per heavy atom. The molecule has 200 valence electrons. The zero-order valence-corrected chi connectivity index (χ0v) is 21.3. The van der Waals surface area contributed by atoms with E-state index < -0.39 is 30.4 Å². The second kappa shape index (κ2) is 11.4. The molecule has 2 aromatic heterocycles. The van der Waals surface area contributed by atoms with Gasteiger partial charge in [0.1, 0.15) is 36.9 Å². The van der Waals surface area contributed by atoms with Crippen molar-refractivity contribution in [2.45, 2.75) is 44.6 Å². The number of likely N-dealkylation sites (N-methyl/N-ethyl adjacent to an activating group) is 1. The van der Waals surface area contributed by atoms with E-state index in [9.17, 15) is 9.90 Å². The van der Waals surface area contributed by atoms with Gasteiger partial charge in [-0.15, -0.1) is 0 Å². The maximum Gasteiger partial charge on any atom is 0.249 e. The Hall–Kier alpha value is -4.71. The number of amides is 1. The molecule has 0 aliphatic carbocycles. The number of hydrogen-bond acceptors (Lipinski definition) is 9. The van der Waals surface area contributed by atoms with Crippen molar-refractivity contribution in [2.75, 3.05) is 12.4 Å². The molecule has 4 atom stereocenters. The van der Waals surface area contributed by atoms with E-state index in [2.05, 4.69) is 35.6 Å². The molecule has 0 unspecified atom stereocenters. The largest absolute Gasteiger partial charge is 0.489 e. The number of benzene rings is 2. The highest BCUT2D eigenvalue weighted by Gasteiger charge is 2.48. The van der Waals surface area contributed by atoms with Crippen molar-refractivity contribution in [3.05, 3.63) is 88.3 Å². The van der Waals surface area contributed by atoms with Crippen molar-refractivity contribution in [1.29, 1.82) is 0 Å². The van der Waals surface area contributed by atoms with Crippen molar-refractivity contribution < 1.29 is 19.4 Å². The Kier molecular flexibility index (Phi) is 7.55. The Labute approximate surface area is 223 Å². The summed E-state index contributed by atoms with van der Waals surface area (Å²) in [5, 5.41) is 20.2. The molecule has 0 spiro atoms. The van der Waals surface area contributed by atoms with E-state index >= 15 is 0 Å². The number of azide groups is 1. The van der Waals surface area contributed by atoms with E-state index in [-0.39, 0.29) is 0 Å². The van der Waals surface area contributed by atoms with Gasteiger partial charge in [0, 0.05) is 24.1 Å². The fourth-order valence-corrected chi connectivity index (χ4v) is 4.51. The van der Waals surface area contributed by atoms with Crippen molar-refractivity contribution in [3.8, 4) is 5.75 Å². The minimum Gasteiger partial charge on any atom is -0.489 e. The molecule has 0 bridgehead atoms. The molecule has 1 aliphatic rings. The molecule has 39 heavy (non-hydrogen) atoms. The standard InChI is InChI=1S/C26H27N9O4/c1-15-8-9-18(38-12-16-6-4-3-5-7-16)17(10-15)11-29-23-20-24(31-13-30-23)35(14-32-20)26-21(36)19(33-34-27)22(39-26)25(37)28-2/h3-10,13-14,19,21-22,26,36H,11-12H2,1-2H3,(H,28,37)(H,29,30,31)/t19-,21+,22-,26+/m0/s1. The van der Waals surface area contributed by atoms with E-state index in [0.717, 1.165) is 22.4 Å². The second-order valence-corrected chi connectivity index (χ2v) is 9.03. The van der Waals surface area contributed by atoms with Gasteiger partial charge in [0.25, 0.3) is 0 Å². The lowest BCUT2D eigenvalue weighted by Gasteiger charge is -2.17. The average Bonchev–Trinajstić information content (AvgIpc) is 3.53. The number of rotatable bonds is 9. The minimum atomic E-state index is -1.30. The number of imidazole rings is 1. The van der Waals surface area contributed by atoms with Crippen molar-refractivity contribution in [1.82, 2.24) is 24.8 Å². The number of aryl methyl sites for hydroxylation is 1. The number of carbonyl (C=O) groups is 1. The van der Waals surface area contributed by atoms with Gasteiger partial charge in [-0.2, -0.15) is 0 Å². The molecule has 3 N–H and O–H groups in total. The number of fused-ring (bicyclic) bond motifs is 1. The third-order valence-corrected chi connectivity index (χ3v) is 6.46. The van der Waals surface area contributed by atoms with Crippen LogP contribution in [0.15, 0.2) is 66.3 Å². The van der Waals surface area contributed by atoms with Gasteiger partial charge >= 0.3 is 0 Å². The molecule has 1 aliphatic heterocycles. The SMILES string of the molecule is CNC(=O)[C@H]1O[C@@H](n2cnc3c(NCc4cc(C)ccc4OCc4ccccc4)ncnc32)[C@H](O)[C@@H]1N=[N+]=[N-]. The number of anilines is 1. The number of aliphatic hydroxyl groups excluding tert-OH is 1. The van der Waals surface area contributed by atoms with Crippen LogP contribution < -0.4 is 15.4 Å². The lowest BCUT2D eigenvalue weighted by atomic mass is 10.1. The molecule has 1 saturated heterocycles. The summed E-state index contributed by atoms with van der Waals surface area (Å²) in [4.78, 5) is 28.1. The maximum absolute atomic E-state index is 12.3. The fraction of sp³-hybridized carbons (Fsp3) is 0.308. The first-order valence-corrected chi connectivity index (χ1v) is 12.3. The van der Waals surface area contributed by atoms with Gasteiger partial charge in [0.05, 0.1) is 6.33 Å². The van der Waals surface area contributed by atoms with Crippen LogP contribution in [0.3, 0.4) is 0 Å². The van der Waals surface area contributed by atoms with Crippen LogP contribution in [0.5, 0.6) is 5.75 Å². The molecular formula is C26H27N9O4. The first-order valence-electron chi connectivity index (χ1n) is 12.3. The lowest BCUT2D eigenvalue weighted by Crippen LogP contribution is -2.40. The first kappa shape index (κ1) is 25.9. The Bertz CT molecular complexity index is 1520. The van der Waals surface area contributed by atoms with Crippen LogP contribution in [0, 0.1) is 6.92 Å². The molecule has 2 aromatic carbocycles. The molecule has 1 amide bonds. The maximum atomic E-state index is 12.3. The highest BCUT2D eigenvalue weighted by Crippen LogP contribution is 2.34. The molecular weight excluding hydrogens is 502 g/mol. The number of aliphatic hydroxyl groups is 1. The van der Waals surface area contributed by atoms with Crippen LogP contribution >= 0.6 is 0 Å². The van der Waals surface area contributed by atoms with Gasteiger partial charge in [-0.25, -0.2) is 15.0 Å². The zero-order chi connectivity index (χ0) is 27.4. The van der Waals surface area contributed by atoms with Crippen molar-refractivity contribution in [3.63, 3.8) is 0 Å². The minimum absolute atomic E-state index is 0.374. The summed E-state index contributed by atoms with van der Waals surface area (Å²) in [6, 6.07) is 14.8. The summed E-state index contributed by atoms with van der Waals surface area (Å²) < 4.78 is 13.4. The quantitative estimate of drug-likeness (QED) is 0.169. The van der Waals surface area contributed by atoms with E-state index in [0.29, 0.717) is 30.1 Å². The van der Waals surface area contributed by atoms with Crippen molar-refractivity contribution in [2.24, 2.45) is 5.11 Å². The fourth-order valence-electron chi connectivity index (χ4n) is 4.51. The Morgan fingerprint density at radius 1 is 1.23 bits per heavy atom. The van der Waals surface area contributed by atoms with Crippen LogP contribution in [-0.2, 0) is 22.7 Å². The number of nitrogens with zero attached hydrogens (tertiary/aromatic N) is 7. The van der Waals surface area contributed by atoms with Gasteiger partial charge in [0.15, 0.2) is 23.2 Å². The third kappa shape index (κ3) is 5.32. The lowest BCUT2D eigenvalue weighted by molar-refractivity contribution is -0.134. The zero-order valence-electron chi connectivity index (χ0n) is 21.3. The topological polar surface area (TPSA) is 172 Å². The summed E-state index contributed by atoms with van der Waals surface area (Å²) in [5.74, 6) is 0.703. The number of ether oxygens (including phenoxy) is 2. The predicted molar refractivity (Wildman–Crippen MR) is 142 cm³/mol. The van der Waals surface area contributed by atoms with Crippen LogP contribution in [-0.4, -0.2) is 55.8 Å². The van der Waals surface area contributed by atoms with Crippen LogP contribution in [0.2, 0.25) is 0 Å². The summed E-state index contributed by atoms with van der Waals surface area (Å²) >= 11 is 0. The van der Waals surface area contributed by atoms with Gasteiger partial charge in [-0.3, -0.25) is 9.36 Å². The van der Waals surface area contributed by atoms with Gasteiger partial charge in [-0.1, -0.05) is 53.1 Å². The van der Waals surface area contributed by atoms with E-state index in [4.69, 9.17) is 15.0 Å². The molecule has 13 nitrogen and oxygen atoms in total.